The molecule has 0 saturated carbocycles. The molecule has 0 bridgehead atoms. The number of benzene rings is 10. The molecule has 5 aromatic heterocycles. The molecule has 2 aliphatic heterocycles. The van der Waals surface area contributed by atoms with Crippen molar-refractivity contribution in [3.63, 3.8) is 0 Å². The summed E-state index contributed by atoms with van der Waals surface area (Å²) in [7, 11) is -3.49. The Morgan fingerprint density at radius 3 is 1.35 bits per heavy atom. The number of piperidine rings is 2. The van der Waals surface area contributed by atoms with E-state index in [4.69, 9.17) is 90.2 Å². The maximum Gasteiger partial charge on any atom is 0.410 e. The Morgan fingerprint density at radius 2 is 0.979 bits per heavy atom. The number of para-hydroxylation sites is 5. The molecule has 0 radical (unpaired) electrons. The normalized spacial score (nSPS) is 12.5. The fraction of sp³-hybridized carbons (Fsp3) is 0.187. The lowest BCUT2D eigenvalue weighted by atomic mass is 10.1. The van der Waals surface area contributed by atoms with Gasteiger partial charge in [0.05, 0.1) is 55.2 Å². The predicted molar refractivity (Wildman–Crippen MR) is 563 cm³/mol. The van der Waals surface area contributed by atoms with Gasteiger partial charge in [-0.15, -0.1) is 0 Å². The van der Waals surface area contributed by atoms with E-state index in [0.717, 1.165) is 151 Å². The maximum absolute atomic E-state index is 11.8. The number of aromatic nitrogens is 7. The van der Waals surface area contributed by atoms with Crippen molar-refractivity contribution in [2.75, 3.05) is 61.5 Å². The number of ketones is 1. The summed E-state index contributed by atoms with van der Waals surface area (Å²) in [6.45, 7) is 30.0. The van der Waals surface area contributed by atoms with Gasteiger partial charge in [-0.05, 0) is 227 Å². The van der Waals surface area contributed by atoms with Crippen LogP contribution in [0.1, 0.15) is 90.2 Å². The number of hydrogen-bond donors (Lipinski definition) is 10. The van der Waals surface area contributed by atoms with Crippen LogP contribution in [0, 0.1) is 47.8 Å². The Morgan fingerprint density at radius 1 is 0.577 bits per heavy atom. The number of fused-ring (bicyclic) bond motifs is 2. The molecule has 0 aliphatic carbocycles. The minimum absolute atomic E-state index is 0. The number of anilines is 3. The number of ether oxygens (including phenoxy) is 6. The zero-order chi connectivity index (χ0) is 99.9. The summed E-state index contributed by atoms with van der Waals surface area (Å²) in [5, 5.41) is 28.1. The lowest BCUT2D eigenvalue weighted by molar-refractivity contribution is -0.106. The average molecular weight is 2000 g/mol. The number of likely N-dealkylation sites (tertiary alicyclic amines) is 1. The standard InChI is InChI=1S/C23H23N5O.C18H14N4O.C17H11BrN2O.C17H13N3O.C14H12O2.C11H21NO5S.C3H2N2.CH4N2.CH3NO.2CH4.H3N/c24-22-21-20(14-28(23(21)27-15-26-22)17-5-4-12-25-13-17)16-8-10-19(11-9-16)29-18-6-2-1-3-7-18;19-17-16-15(10-20-18(16)22-11-21-17)12-6-8-14(9-7-12)23-13-4-2-1-3-5-13;1-20-17(12-19)16(11-18)13-7-9-15(10-8-13)21-14-5-3-2-4-6-14;1-19-16-15(11-20-17(16)18)12-7-9-14(10-8-12)21-13-5-3-2-4-6-13;1-11(15)12-7-9-14(10-8-12)16-13-5-3-2-4-6-13;1-11(2,3)16-10(13)12-7-5-6-9(8-12)17-18(4,14)15;1-5-3-2-4;2*2-1-3;;;/h1-3,6-11,14-15,17,25H,4-5,12-13H2,(H2,24,26,27);1-11H,(H3,19,20,21,22);2-10H,11H2;2-11,20H,18H2;2-10H,1H3;9H,5-8H2,1-4H3;3H2;1H,(H3,2,3);1H,(H2,2,3);2*1H4;1H3/b;;17-16-;;;;;;;;;. The quantitative estimate of drug-likeness (QED) is 0.00414. The van der Waals surface area contributed by atoms with Crippen LogP contribution in [0.5, 0.6) is 57.5 Å². The van der Waals surface area contributed by atoms with E-state index in [1.807, 2.05) is 249 Å². The first kappa shape index (κ1) is 113. The van der Waals surface area contributed by atoms with E-state index >= 15 is 0 Å². The van der Waals surface area contributed by atoms with Crippen LogP contribution in [0.3, 0.4) is 0 Å². The Balaban J connectivity index is 0.000000256. The van der Waals surface area contributed by atoms with Gasteiger partial charge in [0, 0.05) is 59.1 Å². The number of nitriles is 2. The van der Waals surface area contributed by atoms with Gasteiger partial charge in [0.2, 0.25) is 12.1 Å². The monoisotopic (exact) mass is 2000 g/mol. The van der Waals surface area contributed by atoms with Crippen LogP contribution in [0.2, 0.25) is 0 Å². The molecule has 17 rings (SSSR count). The zero-order valence-corrected chi connectivity index (χ0v) is 79.8. The van der Waals surface area contributed by atoms with Crippen LogP contribution >= 0.6 is 15.9 Å². The minimum atomic E-state index is -3.49. The second-order valence-electron chi connectivity index (χ2n) is 30.9. The van der Waals surface area contributed by atoms with Gasteiger partial charge in [0.1, 0.15) is 111 Å². The third kappa shape index (κ3) is 35.9. The average Bonchev–Trinajstić information content (AvgIpc) is 1.61. The van der Waals surface area contributed by atoms with Crippen molar-refractivity contribution >= 4 is 101 Å². The van der Waals surface area contributed by atoms with Crippen molar-refractivity contribution in [1.82, 2.24) is 50.8 Å². The Hall–Kier alpha value is -17.5. The van der Waals surface area contributed by atoms with E-state index in [1.54, 1.807) is 70.6 Å². The third-order valence-corrected chi connectivity index (χ3v) is 21.0. The number of hydrogen-bond acceptors (Lipinski definition) is 24. The first-order valence-electron chi connectivity index (χ1n) is 43.1. The molecule has 2 saturated heterocycles. The number of carbonyl (C=O) groups is 3. The first-order valence-corrected chi connectivity index (χ1v) is 46.1. The van der Waals surface area contributed by atoms with Gasteiger partial charge in [0.25, 0.3) is 22.4 Å². The highest BCUT2D eigenvalue weighted by molar-refractivity contribution is 9.09. The second kappa shape index (κ2) is 58.8. The highest BCUT2D eigenvalue weighted by atomic mass is 79.9. The number of primary amides is 1. The molecule has 7 heterocycles. The molecule has 33 nitrogen and oxygen atoms in total. The van der Waals surface area contributed by atoms with Gasteiger partial charge in [-0.25, -0.2) is 46.3 Å². The summed E-state index contributed by atoms with van der Waals surface area (Å²) >= 11 is 3.32. The van der Waals surface area contributed by atoms with E-state index in [-0.39, 0.29) is 52.0 Å². The van der Waals surface area contributed by atoms with Crippen molar-refractivity contribution in [2.24, 2.45) is 11.5 Å². The number of Topliss-reactive ketones (excluding diaryl/α,β-unsaturated/α-hetero) is 1. The van der Waals surface area contributed by atoms with Gasteiger partial charge >= 0.3 is 6.09 Å². The molecule has 15 aromatic rings. The second-order valence-corrected chi connectivity index (χ2v) is 33.0. The van der Waals surface area contributed by atoms with Crippen LogP contribution in [0.25, 0.3) is 75.6 Å². The predicted octanol–water partition coefficient (Wildman–Crippen LogP) is 23.6. The highest BCUT2D eigenvalue weighted by Crippen LogP contribution is 2.40. The first-order chi connectivity index (χ1) is 67.2. The number of halogens is 1. The SMILES string of the molecule is C.C.CC(=O)c1ccc(Oc2ccccc2)cc1.CC(C)(C)OC(=O)N1CCCC(OS(C)(=O)=O)C1.N.N=CN.NC=O.Nc1ncnc2[nH]cc(-c3ccc(Oc4ccccc4)cc3)c12.Nc1ncnc2c1c(-c1ccc(Oc3ccccc3)cc1)cn2C1CCCNC1.[C-]#[N+]/C(C#N)=C(/CBr)c1ccc(Oc2ccccc2)cc1.[C-]#[N+]CC#N.[C-]#[N+]c1c(-c2ccc(Oc3ccccc3)cc2)c[nH]c1N. The number of aromatic amines is 2. The number of alkyl halides is 1. The van der Waals surface area contributed by atoms with Crippen molar-refractivity contribution in [3.05, 3.63) is 355 Å². The number of amides is 2. The molecular formula is C107H114BrN21O12S. The topological polar surface area (TPSA) is 503 Å². The minimum Gasteiger partial charge on any atom is -0.457 e. The number of H-pyrrole nitrogens is 2. The summed E-state index contributed by atoms with van der Waals surface area (Å²) in [6.07, 6.45) is 13.5. The Labute approximate surface area is 835 Å². The molecule has 732 valence electrons. The number of carbonyl (C=O) groups excluding carboxylic acids is 3. The molecule has 17 N–H and O–H groups in total. The zero-order valence-electron chi connectivity index (χ0n) is 77.4. The molecular weight excluding hydrogens is 1880 g/mol. The number of nitrogens with two attached hydrogens (primary N) is 5. The molecule has 0 spiro atoms. The fourth-order valence-electron chi connectivity index (χ4n) is 13.6. The van der Waals surface area contributed by atoms with Gasteiger partial charge in [0.15, 0.2) is 5.78 Å². The third-order valence-electron chi connectivity index (χ3n) is 19.8. The molecule has 2 atom stereocenters. The van der Waals surface area contributed by atoms with Crippen molar-refractivity contribution in [1.29, 1.82) is 15.9 Å². The van der Waals surface area contributed by atoms with E-state index in [9.17, 15) is 18.0 Å². The summed E-state index contributed by atoms with van der Waals surface area (Å²) in [4.78, 5) is 65.5. The number of nitrogen functional groups attached to an aromatic ring is 3. The van der Waals surface area contributed by atoms with Crippen molar-refractivity contribution in [2.45, 2.75) is 86.0 Å². The summed E-state index contributed by atoms with van der Waals surface area (Å²) in [5.41, 5.74) is 36.2. The van der Waals surface area contributed by atoms with Crippen LogP contribution in [-0.4, -0.2) is 128 Å². The van der Waals surface area contributed by atoms with E-state index in [2.05, 4.69) is 100 Å². The highest BCUT2D eigenvalue weighted by Gasteiger charge is 2.30. The van der Waals surface area contributed by atoms with Crippen molar-refractivity contribution < 1.29 is 55.4 Å². The molecule has 35 heteroatoms. The number of nitrogens with zero attached hydrogens (tertiary/aromatic N) is 11. The van der Waals surface area contributed by atoms with Crippen molar-refractivity contribution in [3.8, 4) is 103 Å². The molecule has 2 fully saturated rings. The van der Waals surface area contributed by atoms with Crippen LogP contribution in [-0.2, 0) is 23.8 Å². The summed E-state index contributed by atoms with van der Waals surface area (Å²) < 4.78 is 63.3. The van der Waals surface area contributed by atoms with E-state index in [1.165, 1.54) is 11.2 Å². The molecule has 2 amide bonds. The van der Waals surface area contributed by atoms with Gasteiger partial charge in [-0.2, -0.15) is 13.7 Å². The molecule has 142 heavy (non-hydrogen) atoms. The molecule has 2 aliphatic rings. The van der Waals surface area contributed by atoms with Crippen LogP contribution in [0.15, 0.2) is 310 Å². The molecule has 2 unspecified atom stereocenters. The maximum atomic E-state index is 11.8. The summed E-state index contributed by atoms with van der Waals surface area (Å²) in [6, 6.07) is 90.0. The van der Waals surface area contributed by atoms with Gasteiger partial charge in [-0.1, -0.05) is 170 Å². The van der Waals surface area contributed by atoms with Gasteiger partial charge in [-0.3, -0.25) is 19.2 Å². The lowest BCUT2D eigenvalue weighted by Crippen LogP contribution is -2.45. The fourth-order valence-corrected chi connectivity index (χ4v) is 14.8. The number of allylic oxidation sites excluding steroid dienone is 2. The number of nitrogens with one attached hydrogen (secondary N) is 4. The summed E-state index contributed by atoms with van der Waals surface area (Å²) in [5.74, 6) is 9.17. The number of rotatable bonds is 19. The molecule has 10 aromatic carbocycles. The Bertz CT molecular complexity index is 6790. The van der Waals surface area contributed by atoms with Crippen LogP contribution in [0.4, 0.5) is 27.9 Å². The van der Waals surface area contributed by atoms with Crippen LogP contribution < -0.4 is 63.8 Å². The van der Waals surface area contributed by atoms with E-state index in [0.29, 0.717) is 70.8 Å². The Kier molecular flexibility index (Phi) is 46.9. The largest absolute Gasteiger partial charge is 0.457 e. The lowest BCUT2D eigenvalue weighted by Gasteiger charge is -2.33. The smallest absolute Gasteiger partial charge is 0.410 e. The van der Waals surface area contributed by atoms with Gasteiger partial charge < -0.3 is 92.8 Å². The van der Waals surface area contributed by atoms with E-state index < -0.39 is 27.9 Å².